The molecular formula is C20H29N5. The summed E-state index contributed by atoms with van der Waals surface area (Å²) in [5.41, 5.74) is 3.21. The Hall–Kier alpha value is -2.01. The second-order valence-corrected chi connectivity index (χ2v) is 7.33. The monoisotopic (exact) mass is 339 g/mol. The standard InChI is InChI=1S/C20H29N5/c1-15(2)7-9-24-10-12-25(13-11-24)20-16(3)17(4)22-19(23-20)18-6-5-8-21-14-18/h5-6,8,14-15H,7,9-13H2,1-4H3. The molecule has 1 fully saturated rings. The highest BCUT2D eigenvalue weighted by molar-refractivity contribution is 5.59. The minimum absolute atomic E-state index is 0.770. The minimum Gasteiger partial charge on any atom is -0.354 e. The number of pyridine rings is 1. The zero-order chi connectivity index (χ0) is 17.8. The van der Waals surface area contributed by atoms with Gasteiger partial charge in [-0.15, -0.1) is 0 Å². The van der Waals surface area contributed by atoms with Gasteiger partial charge in [-0.3, -0.25) is 9.88 Å². The summed E-state index contributed by atoms with van der Waals surface area (Å²) in [7, 11) is 0. The number of piperazine rings is 1. The van der Waals surface area contributed by atoms with E-state index in [2.05, 4.69) is 47.5 Å². The Balaban J connectivity index is 1.75. The Morgan fingerprint density at radius 2 is 1.84 bits per heavy atom. The average molecular weight is 339 g/mol. The summed E-state index contributed by atoms with van der Waals surface area (Å²) in [6, 6.07) is 3.95. The fourth-order valence-corrected chi connectivity index (χ4v) is 3.17. The van der Waals surface area contributed by atoms with Crippen LogP contribution in [0.25, 0.3) is 11.4 Å². The molecule has 0 saturated carbocycles. The highest BCUT2D eigenvalue weighted by atomic mass is 15.3. The fraction of sp³-hybridized carbons (Fsp3) is 0.550. The maximum atomic E-state index is 4.88. The first-order chi connectivity index (χ1) is 12.0. The zero-order valence-electron chi connectivity index (χ0n) is 15.9. The van der Waals surface area contributed by atoms with Crippen LogP contribution in [0.1, 0.15) is 31.5 Å². The SMILES string of the molecule is Cc1nc(-c2cccnc2)nc(N2CCN(CCC(C)C)CC2)c1C. The number of rotatable bonds is 5. The molecule has 0 aromatic carbocycles. The van der Waals surface area contributed by atoms with E-state index in [9.17, 15) is 0 Å². The molecule has 3 rings (SSSR count). The topological polar surface area (TPSA) is 45.2 Å². The van der Waals surface area contributed by atoms with Crippen molar-refractivity contribution in [1.82, 2.24) is 19.9 Å². The van der Waals surface area contributed by atoms with Crippen molar-refractivity contribution in [2.45, 2.75) is 34.1 Å². The lowest BCUT2D eigenvalue weighted by atomic mass is 10.1. The summed E-state index contributed by atoms with van der Waals surface area (Å²) in [6.07, 6.45) is 4.89. The molecule has 2 aromatic rings. The number of hydrogen-bond donors (Lipinski definition) is 0. The number of aryl methyl sites for hydroxylation is 1. The first-order valence-electron chi connectivity index (χ1n) is 9.27. The van der Waals surface area contributed by atoms with Crippen LogP contribution >= 0.6 is 0 Å². The van der Waals surface area contributed by atoms with Crippen molar-refractivity contribution in [1.29, 1.82) is 0 Å². The molecule has 134 valence electrons. The molecule has 25 heavy (non-hydrogen) atoms. The Morgan fingerprint density at radius 3 is 2.48 bits per heavy atom. The average Bonchev–Trinajstić information content (AvgIpc) is 2.63. The minimum atomic E-state index is 0.770. The number of anilines is 1. The second-order valence-electron chi connectivity index (χ2n) is 7.33. The Bertz CT molecular complexity index is 691. The van der Waals surface area contributed by atoms with Crippen LogP contribution in [0.15, 0.2) is 24.5 Å². The van der Waals surface area contributed by atoms with Gasteiger partial charge in [-0.05, 0) is 44.9 Å². The summed E-state index contributed by atoms with van der Waals surface area (Å²) in [4.78, 5) is 18.7. The molecule has 1 aliphatic heterocycles. The van der Waals surface area contributed by atoms with E-state index in [0.717, 1.165) is 55.0 Å². The van der Waals surface area contributed by atoms with Crippen molar-refractivity contribution in [3.8, 4) is 11.4 Å². The van der Waals surface area contributed by atoms with E-state index >= 15 is 0 Å². The van der Waals surface area contributed by atoms with Gasteiger partial charge in [0.25, 0.3) is 0 Å². The molecule has 5 heteroatoms. The quantitative estimate of drug-likeness (QED) is 0.836. The van der Waals surface area contributed by atoms with E-state index in [0.29, 0.717) is 0 Å². The Labute approximate surface area is 151 Å². The summed E-state index contributed by atoms with van der Waals surface area (Å²) >= 11 is 0. The van der Waals surface area contributed by atoms with Gasteiger partial charge in [0.15, 0.2) is 5.82 Å². The van der Waals surface area contributed by atoms with Crippen LogP contribution in [-0.2, 0) is 0 Å². The first kappa shape index (κ1) is 17.8. The third-order valence-corrected chi connectivity index (χ3v) is 4.98. The van der Waals surface area contributed by atoms with Crippen LogP contribution < -0.4 is 4.90 Å². The van der Waals surface area contributed by atoms with Crippen LogP contribution in [0.4, 0.5) is 5.82 Å². The van der Waals surface area contributed by atoms with Gasteiger partial charge >= 0.3 is 0 Å². The highest BCUT2D eigenvalue weighted by Gasteiger charge is 2.21. The van der Waals surface area contributed by atoms with Crippen molar-refractivity contribution in [2.75, 3.05) is 37.6 Å². The predicted molar refractivity (Wildman–Crippen MR) is 103 cm³/mol. The molecular weight excluding hydrogens is 310 g/mol. The van der Waals surface area contributed by atoms with Gasteiger partial charge in [0, 0.05) is 55.4 Å². The van der Waals surface area contributed by atoms with Crippen molar-refractivity contribution in [3.05, 3.63) is 35.8 Å². The maximum absolute atomic E-state index is 4.88. The number of hydrogen-bond acceptors (Lipinski definition) is 5. The summed E-state index contributed by atoms with van der Waals surface area (Å²) in [5, 5.41) is 0. The third kappa shape index (κ3) is 4.34. The van der Waals surface area contributed by atoms with Crippen LogP contribution in [-0.4, -0.2) is 52.6 Å². The lowest BCUT2D eigenvalue weighted by Gasteiger charge is -2.36. The molecule has 0 aliphatic carbocycles. The molecule has 0 spiro atoms. The largest absolute Gasteiger partial charge is 0.354 e. The lowest BCUT2D eigenvalue weighted by Crippen LogP contribution is -2.47. The Morgan fingerprint density at radius 1 is 1.08 bits per heavy atom. The van der Waals surface area contributed by atoms with Crippen molar-refractivity contribution in [3.63, 3.8) is 0 Å². The summed E-state index contributed by atoms with van der Waals surface area (Å²) < 4.78 is 0. The van der Waals surface area contributed by atoms with Gasteiger partial charge in [-0.1, -0.05) is 13.8 Å². The molecule has 0 atom stereocenters. The van der Waals surface area contributed by atoms with Crippen LogP contribution in [0, 0.1) is 19.8 Å². The smallest absolute Gasteiger partial charge is 0.163 e. The normalized spacial score (nSPS) is 15.8. The van der Waals surface area contributed by atoms with Gasteiger partial charge in [0.1, 0.15) is 5.82 Å². The first-order valence-corrected chi connectivity index (χ1v) is 9.27. The predicted octanol–water partition coefficient (Wildman–Crippen LogP) is 3.32. The van der Waals surface area contributed by atoms with Crippen molar-refractivity contribution in [2.24, 2.45) is 5.92 Å². The summed E-state index contributed by atoms with van der Waals surface area (Å²) in [5.74, 6) is 2.62. The molecule has 0 N–H and O–H groups in total. The van der Waals surface area contributed by atoms with Crippen LogP contribution in [0.2, 0.25) is 0 Å². The molecule has 1 saturated heterocycles. The molecule has 0 amide bonds. The summed E-state index contributed by atoms with van der Waals surface area (Å²) in [6.45, 7) is 14.3. The molecule has 0 radical (unpaired) electrons. The second kappa shape index (κ2) is 7.91. The van der Waals surface area contributed by atoms with E-state index in [-0.39, 0.29) is 0 Å². The van der Waals surface area contributed by atoms with Gasteiger partial charge in [-0.25, -0.2) is 9.97 Å². The van der Waals surface area contributed by atoms with Gasteiger partial charge < -0.3 is 4.90 Å². The number of nitrogens with zero attached hydrogens (tertiary/aromatic N) is 5. The van der Waals surface area contributed by atoms with Crippen molar-refractivity contribution >= 4 is 5.82 Å². The number of aromatic nitrogens is 3. The molecule has 5 nitrogen and oxygen atoms in total. The van der Waals surface area contributed by atoms with E-state index < -0.39 is 0 Å². The fourth-order valence-electron chi connectivity index (χ4n) is 3.17. The molecule has 0 unspecified atom stereocenters. The highest BCUT2D eigenvalue weighted by Crippen LogP contribution is 2.25. The lowest BCUT2D eigenvalue weighted by molar-refractivity contribution is 0.243. The van der Waals surface area contributed by atoms with Crippen LogP contribution in [0.5, 0.6) is 0 Å². The maximum Gasteiger partial charge on any atom is 0.163 e. The van der Waals surface area contributed by atoms with Crippen LogP contribution in [0.3, 0.4) is 0 Å². The molecule has 3 heterocycles. The van der Waals surface area contributed by atoms with Gasteiger partial charge in [0.05, 0.1) is 0 Å². The van der Waals surface area contributed by atoms with E-state index in [4.69, 9.17) is 4.98 Å². The molecule has 0 bridgehead atoms. The van der Waals surface area contributed by atoms with E-state index in [1.54, 1.807) is 6.20 Å². The van der Waals surface area contributed by atoms with E-state index in [1.807, 2.05) is 18.3 Å². The van der Waals surface area contributed by atoms with Gasteiger partial charge in [-0.2, -0.15) is 0 Å². The zero-order valence-corrected chi connectivity index (χ0v) is 15.9. The van der Waals surface area contributed by atoms with Gasteiger partial charge in [0.2, 0.25) is 0 Å². The van der Waals surface area contributed by atoms with Crippen molar-refractivity contribution < 1.29 is 0 Å². The molecule has 2 aromatic heterocycles. The molecule has 1 aliphatic rings. The third-order valence-electron chi connectivity index (χ3n) is 4.98. The Kier molecular flexibility index (Phi) is 5.63. The van der Waals surface area contributed by atoms with E-state index in [1.165, 1.54) is 18.5 Å².